The van der Waals surface area contributed by atoms with Crippen LogP contribution in [0.3, 0.4) is 0 Å². The standard InChI is InChI=1S/C12H11F3N2O3/c13-12(14,15)8-3-1-2-4-9(8)16-10(18)7-17-5-6-20-11(17)19/h1-4H,5-7H2,(H,16,18). The number of para-hydroxylation sites is 1. The lowest BCUT2D eigenvalue weighted by Gasteiger charge is -2.15. The molecule has 1 aromatic carbocycles. The zero-order chi connectivity index (χ0) is 14.8. The van der Waals surface area contributed by atoms with Crippen LogP contribution in [0.4, 0.5) is 23.7 Å². The molecule has 0 unspecified atom stereocenters. The van der Waals surface area contributed by atoms with E-state index in [2.05, 4.69) is 10.1 Å². The Labute approximate surface area is 112 Å². The van der Waals surface area contributed by atoms with Gasteiger partial charge < -0.3 is 10.1 Å². The molecule has 1 N–H and O–H groups in total. The van der Waals surface area contributed by atoms with Crippen molar-refractivity contribution in [2.75, 3.05) is 25.0 Å². The van der Waals surface area contributed by atoms with Gasteiger partial charge in [-0.15, -0.1) is 0 Å². The fraction of sp³-hybridized carbons (Fsp3) is 0.333. The van der Waals surface area contributed by atoms with Gasteiger partial charge in [0, 0.05) is 0 Å². The number of halogens is 3. The first-order chi connectivity index (χ1) is 9.38. The predicted octanol–water partition coefficient (Wildman–Crippen LogP) is 2.10. The molecule has 8 heteroatoms. The molecule has 0 aromatic heterocycles. The molecule has 108 valence electrons. The van der Waals surface area contributed by atoms with Gasteiger partial charge in [-0.05, 0) is 12.1 Å². The Morgan fingerprint density at radius 3 is 2.65 bits per heavy atom. The van der Waals surface area contributed by atoms with Gasteiger partial charge in [-0.3, -0.25) is 9.69 Å². The van der Waals surface area contributed by atoms with Crippen molar-refractivity contribution < 1.29 is 27.5 Å². The maximum absolute atomic E-state index is 12.7. The summed E-state index contributed by atoms with van der Waals surface area (Å²) < 4.78 is 42.8. The van der Waals surface area contributed by atoms with Gasteiger partial charge in [0.2, 0.25) is 5.91 Å². The Kier molecular flexibility index (Phi) is 3.82. The lowest BCUT2D eigenvalue weighted by molar-refractivity contribution is -0.137. The van der Waals surface area contributed by atoms with E-state index in [1.54, 1.807) is 0 Å². The molecule has 0 bridgehead atoms. The highest BCUT2D eigenvalue weighted by molar-refractivity contribution is 5.94. The SMILES string of the molecule is O=C(CN1CCOC1=O)Nc1ccccc1C(F)(F)F. The largest absolute Gasteiger partial charge is 0.448 e. The van der Waals surface area contributed by atoms with Crippen molar-refractivity contribution in [3.8, 4) is 0 Å². The zero-order valence-corrected chi connectivity index (χ0v) is 10.2. The molecule has 1 aliphatic rings. The number of amides is 2. The summed E-state index contributed by atoms with van der Waals surface area (Å²) in [5.74, 6) is -0.708. The molecule has 0 spiro atoms. The number of anilines is 1. The van der Waals surface area contributed by atoms with Gasteiger partial charge in [0.15, 0.2) is 0 Å². The molecule has 0 atom stereocenters. The van der Waals surface area contributed by atoms with Gasteiger partial charge in [-0.1, -0.05) is 12.1 Å². The van der Waals surface area contributed by atoms with Crippen LogP contribution < -0.4 is 5.32 Å². The van der Waals surface area contributed by atoms with E-state index in [-0.39, 0.29) is 25.4 Å². The Morgan fingerprint density at radius 1 is 1.35 bits per heavy atom. The lowest BCUT2D eigenvalue weighted by Crippen LogP contribution is -2.34. The van der Waals surface area contributed by atoms with Crippen LogP contribution in [0, 0.1) is 0 Å². The van der Waals surface area contributed by atoms with Crippen molar-refractivity contribution in [1.82, 2.24) is 4.90 Å². The van der Waals surface area contributed by atoms with Crippen molar-refractivity contribution in [3.05, 3.63) is 29.8 Å². The summed E-state index contributed by atoms with van der Waals surface area (Å²) in [5.41, 5.74) is -1.27. The van der Waals surface area contributed by atoms with Gasteiger partial charge in [-0.25, -0.2) is 4.79 Å². The highest BCUT2D eigenvalue weighted by Gasteiger charge is 2.34. The van der Waals surface area contributed by atoms with Crippen LogP contribution in [0.1, 0.15) is 5.56 Å². The van der Waals surface area contributed by atoms with Gasteiger partial charge in [-0.2, -0.15) is 13.2 Å². The number of benzene rings is 1. The number of rotatable bonds is 3. The predicted molar refractivity (Wildman–Crippen MR) is 63.0 cm³/mol. The van der Waals surface area contributed by atoms with E-state index in [1.807, 2.05) is 0 Å². The van der Waals surface area contributed by atoms with Crippen molar-refractivity contribution in [1.29, 1.82) is 0 Å². The second kappa shape index (κ2) is 5.40. The van der Waals surface area contributed by atoms with E-state index in [1.165, 1.54) is 12.1 Å². The summed E-state index contributed by atoms with van der Waals surface area (Å²) in [4.78, 5) is 23.9. The highest BCUT2D eigenvalue weighted by Crippen LogP contribution is 2.34. The van der Waals surface area contributed by atoms with E-state index < -0.39 is 23.7 Å². The third-order valence-electron chi connectivity index (χ3n) is 2.69. The minimum Gasteiger partial charge on any atom is -0.448 e. The molecule has 0 saturated carbocycles. The normalized spacial score (nSPS) is 15.2. The van der Waals surface area contributed by atoms with E-state index >= 15 is 0 Å². The van der Waals surface area contributed by atoms with Crippen molar-refractivity contribution >= 4 is 17.7 Å². The maximum Gasteiger partial charge on any atom is 0.418 e. The van der Waals surface area contributed by atoms with E-state index in [4.69, 9.17) is 0 Å². The van der Waals surface area contributed by atoms with Crippen LogP contribution in [0.2, 0.25) is 0 Å². The Morgan fingerprint density at radius 2 is 2.05 bits per heavy atom. The number of hydrogen-bond acceptors (Lipinski definition) is 3. The van der Waals surface area contributed by atoms with Crippen LogP contribution in [-0.2, 0) is 15.7 Å². The maximum atomic E-state index is 12.7. The van der Waals surface area contributed by atoms with Crippen LogP contribution >= 0.6 is 0 Å². The number of carbonyl (C=O) groups excluding carboxylic acids is 2. The first-order valence-corrected chi connectivity index (χ1v) is 5.75. The van der Waals surface area contributed by atoms with E-state index in [9.17, 15) is 22.8 Å². The summed E-state index contributed by atoms with van der Waals surface area (Å²) in [6, 6.07) is 4.65. The Hall–Kier alpha value is -2.25. The second-order valence-electron chi connectivity index (χ2n) is 4.13. The smallest absolute Gasteiger partial charge is 0.418 e. The summed E-state index contributed by atoms with van der Waals surface area (Å²) in [6.07, 6.45) is -5.21. The van der Waals surface area contributed by atoms with E-state index in [0.717, 1.165) is 17.0 Å². The fourth-order valence-corrected chi connectivity index (χ4v) is 1.77. The minimum absolute atomic E-state index is 0.172. The zero-order valence-electron chi connectivity index (χ0n) is 10.2. The number of carbonyl (C=O) groups is 2. The number of nitrogens with zero attached hydrogens (tertiary/aromatic N) is 1. The van der Waals surface area contributed by atoms with Gasteiger partial charge in [0.1, 0.15) is 13.2 Å². The van der Waals surface area contributed by atoms with Crippen molar-refractivity contribution in [2.45, 2.75) is 6.18 Å². The average molecular weight is 288 g/mol. The molecule has 1 fully saturated rings. The van der Waals surface area contributed by atoms with Gasteiger partial charge in [0.05, 0.1) is 17.8 Å². The molecule has 0 aliphatic carbocycles. The first kappa shape index (κ1) is 14.2. The minimum atomic E-state index is -4.56. The molecule has 20 heavy (non-hydrogen) atoms. The molecule has 2 amide bonds. The van der Waals surface area contributed by atoms with Crippen LogP contribution in [0.25, 0.3) is 0 Å². The molecule has 5 nitrogen and oxygen atoms in total. The molecular formula is C12H11F3N2O3. The quantitative estimate of drug-likeness (QED) is 0.926. The average Bonchev–Trinajstić information content (AvgIpc) is 2.74. The van der Waals surface area contributed by atoms with Crippen molar-refractivity contribution in [3.63, 3.8) is 0 Å². The van der Waals surface area contributed by atoms with Crippen LogP contribution in [-0.4, -0.2) is 36.6 Å². The summed E-state index contributed by atoms with van der Waals surface area (Å²) in [5, 5.41) is 2.16. The fourth-order valence-electron chi connectivity index (χ4n) is 1.77. The molecule has 1 aliphatic heterocycles. The number of hydrogen-bond donors (Lipinski definition) is 1. The molecule has 1 aromatic rings. The molecular weight excluding hydrogens is 277 g/mol. The van der Waals surface area contributed by atoms with Crippen LogP contribution in [0.15, 0.2) is 24.3 Å². The summed E-state index contributed by atoms with van der Waals surface area (Å²) in [6.45, 7) is 0.0729. The summed E-state index contributed by atoms with van der Waals surface area (Å²) in [7, 11) is 0. The lowest BCUT2D eigenvalue weighted by atomic mass is 10.1. The molecule has 2 rings (SSSR count). The third-order valence-corrected chi connectivity index (χ3v) is 2.69. The first-order valence-electron chi connectivity index (χ1n) is 5.75. The Balaban J connectivity index is 2.06. The number of alkyl halides is 3. The van der Waals surface area contributed by atoms with E-state index in [0.29, 0.717) is 0 Å². The third kappa shape index (κ3) is 3.19. The summed E-state index contributed by atoms with van der Waals surface area (Å²) >= 11 is 0. The topological polar surface area (TPSA) is 58.6 Å². The number of ether oxygens (including phenoxy) is 1. The van der Waals surface area contributed by atoms with Gasteiger partial charge in [0.25, 0.3) is 0 Å². The second-order valence-corrected chi connectivity index (χ2v) is 4.13. The monoisotopic (exact) mass is 288 g/mol. The molecule has 0 radical (unpaired) electrons. The Bertz CT molecular complexity index is 531. The van der Waals surface area contributed by atoms with Crippen molar-refractivity contribution in [2.24, 2.45) is 0 Å². The molecule has 1 saturated heterocycles. The number of nitrogens with one attached hydrogen (secondary N) is 1. The number of cyclic esters (lactones) is 1. The van der Waals surface area contributed by atoms with Gasteiger partial charge >= 0.3 is 12.3 Å². The van der Waals surface area contributed by atoms with Crippen LogP contribution in [0.5, 0.6) is 0 Å². The molecule has 1 heterocycles. The highest BCUT2D eigenvalue weighted by atomic mass is 19.4.